The van der Waals surface area contributed by atoms with E-state index in [0.29, 0.717) is 11.8 Å². The molecular weight excluding hydrogens is 258 g/mol. The van der Waals surface area contributed by atoms with Crippen molar-refractivity contribution < 1.29 is 4.79 Å². The van der Waals surface area contributed by atoms with E-state index < -0.39 is 0 Å². The number of thiazole rings is 1. The van der Waals surface area contributed by atoms with Gasteiger partial charge in [0.15, 0.2) is 5.13 Å². The highest BCUT2D eigenvalue weighted by Crippen LogP contribution is 2.48. The van der Waals surface area contributed by atoms with E-state index in [-0.39, 0.29) is 17.9 Å². The number of nitrogens with two attached hydrogens (primary N) is 1. The smallest absolute Gasteiger partial charge is 0.231 e. The summed E-state index contributed by atoms with van der Waals surface area (Å²) in [5.74, 6) is 1.13. The lowest BCUT2D eigenvalue weighted by molar-refractivity contribution is -0.121. The van der Waals surface area contributed by atoms with Gasteiger partial charge in [0.1, 0.15) is 0 Å². The molecule has 1 amide bonds. The molecule has 0 spiro atoms. The van der Waals surface area contributed by atoms with E-state index in [4.69, 9.17) is 5.73 Å². The van der Waals surface area contributed by atoms with Gasteiger partial charge in [0.2, 0.25) is 5.91 Å². The maximum Gasteiger partial charge on any atom is 0.231 e. The summed E-state index contributed by atoms with van der Waals surface area (Å²) in [6, 6.07) is 0.0467. The lowest BCUT2D eigenvalue weighted by atomic mass is 9.84. The van der Waals surface area contributed by atoms with Gasteiger partial charge in [-0.05, 0) is 44.4 Å². The lowest BCUT2D eigenvalue weighted by Crippen LogP contribution is -2.42. The Kier molecular flexibility index (Phi) is 3.35. The Balaban J connectivity index is 1.71. The first-order chi connectivity index (χ1) is 9.10. The molecule has 19 heavy (non-hydrogen) atoms. The molecule has 3 N–H and O–H groups in total. The second-order valence-electron chi connectivity index (χ2n) is 5.80. The quantitative estimate of drug-likeness (QED) is 0.892. The molecule has 0 aliphatic heterocycles. The highest BCUT2D eigenvalue weighted by Gasteiger charge is 2.49. The van der Waals surface area contributed by atoms with Gasteiger partial charge in [-0.25, -0.2) is 4.98 Å². The molecule has 0 radical (unpaired) electrons. The van der Waals surface area contributed by atoms with Crippen molar-refractivity contribution in [2.24, 2.45) is 23.5 Å². The van der Waals surface area contributed by atoms with Crippen LogP contribution in [0.3, 0.4) is 0 Å². The molecule has 2 fully saturated rings. The number of nitrogens with one attached hydrogen (secondary N) is 1. The van der Waals surface area contributed by atoms with E-state index in [1.54, 1.807) is 11.3 Å². The fourth-order valence-electron chi connectivity index (χ4n) is 3.72. The van der Waals surface area contributed by atoms with Gasteiger partial charge in [0.05, 0.1) is 11.6 Å². The number of aromatic nitrogens is 1. The summed E-state index contributed by atoms with van der Waals surface area (Å²) in [4.78, 5) is 18.1. The molecule has 0 aromatic carbocycles. The summed E-state index contributed by atoms with van der Waals surface area (Å²) >= 11 is 1.56. The maximum atomic E-state index is 12.4. The molecule has 2 bridgehead atoms. The fraction of sp³-hybridized carbons (Fsp3) is 0.714. The van der Waals surface area contributed by atoms with E-state index in [2.05, 4.69) is 24.1 Å². The van der Waals surface area contributed by atoms with Crippen LogP contribution in [0.25, 0.3) is 0 Å². The van der Waals surface area contributed by atoms with Crippen molar-refractivity contribution in [2.75, 3.05) is 5.32 Å². The van der Waals surface area contributed by atoms with Gasteiger partial charge in [0.25, 0.3) is 0 Å². The number of aryl methyl sites for hydroxylation is 2. The van der Waals surface area contributed by atoms with Gasteiger partial charge >= 0.3 is 0 Å². The van der Waals surface area contributed by atoms with Gasteiger partial charge in [-0.3, -0.25) is 4.79 Å². The molecule has 4 unspecified atom stereocenters. The Hall–Kier alpha value is -0.940. The molecule has 2 saturated carbocycles. The summed E-state index contributed by atoms with van der Waals surface area (Å²) in [6.45, 7) is 4.13. The van der Waals surface area contributed by atoms with Crippen molar-refractivity contribution in [1.29, 1.82) is 0 Å². The van der Waals surface area contributed by atoms with Gasteiger partial charge in [-0.2, -0.15) is 0 Å². The summed E-state index contributed by atoms with van der Waals surface area (Å²) < 4.78 is 0. The number of rotatable bonds is 3. The molecule has 5 heteroatoms. The minimum Gasteiger partial charge on any atom is -0.327 e. The summed E-state index contributed by atoms with van der Waals surface area (Å²) in [7, 11) is 0. The van der Waals surface area contributed by atoms with Gasteiger partial charge in [-0.15, -0.1) is 11.3 Å². The Morgan fingerprint density at radius 1 is 1.47 bits per heavy atom. The van der Waals surface area contributed by atoms with Gasteiger partial charge in [-0.1, -0.05) is 6.92 Å². The van der Waals surface area contributed by atoms with E-state index >= 15 is 0 Å². The number of nitrogens with zero attached hydrogens (tertiary/aromatic N) is 1. The molecule has 1 aromatic rings. The average molecular weight is 279 g/mol. The van der Waals surface area contributed by atoms with Gasteiger partial charge in [0, 0.05) is 10.9 Å². The first-order valence-electron chi connectivity index (χ1n) is 7.13. The minimum absolute atomic E-state index is 0.00645. The molecule has 4 nitrogen and oxygen atoms in total. The van der Waals surface area contributed by atoms with Crippen molar-refractivity contribution in [3.8, 4) is 0 Å². The number of anilines is 1. The van der Waals surface area contributed by atoms with Crippen LogP contribution in [0.5, 0.6) is 0 Å². The second kappa shape index (κ2) is 4.87. The van der Waals surface area contributed by atoms with E-state index in [9.17, 15) is 4.79 Å². The molecule has 3 rings (SSSR count). The van der Waals surface area contributed by atoms with Crippen LogP contribution in [-0.2, 0) is 11.2 Å². The van der Waals surface area contributed by atoms with E-state index in [0.717, 1.165) is 30.1 Å². The Bertz CT molecular complexity index is 497. The molecule has 0 saturated heterocycles. The number of carbonyl (C=O) groups excluding carboxylic acids is 1. The normalized spacial score (nSPS) is 32.8. The third-order valence-corrected chi connectivity index (χ3v) is 5.67. The SMILES string of the molecule is CCc1nc(NC(=O)C2C3CCC(C3)C2N)sc1C. The zero-order valence-corrected chi connectivity index (χ0v) is 12.3. The van der Waals surface area contributed by atoms with Crippen molar-refractivity contribution in [3.63, 3.8) is 0 Å². The monoisotopic (exact) mass is 279 g/mol. The predicted octanol–water partition coefficient (Wildman–Crippen LogP) is 2.33. The third kappa shape index (κ3) is 2.19. The number of fused-ring (bicyclic) bond motifs is 2. The van der Waals surface area contributed by atoms with Crippen LogP contribution in [0, 0.1) is 24.7 Å². The van der Waals surface area contributed by atoms with Crippen LogP contribution in [0.2, 0.25) is 0 Å². The van der Waals surface area contributed by atoms with E-state index in [1.165, 1.54) is 11.3 Å². The van der Waals surface area contributed by atoms with Crippen LogP contribution >= 0.6 is 11.3 Å². The predicted molar refractivity (Wildman–Crippen MR) is 77.2 cm³/mol. The average Bonchev–Trinajstić information content (AvgIpc) is 3.03. The standard InChI is InChI=1S/C14H21N3OS/c1-3-10-7(2)19-14(16-10)17-13(18)11-8-4-5-9(6-8)12(11)15/h8-9,11-12H,3-6,15H2,1-2H3,(H,16,17,18). The molecule has 4 atom stereocenters. The lowest BCUT2D eigenvalue weighted by Gasteiger charge is -2.26. The number of hydrogen-bond donors (Lipinski definition) is 2. The Morgan fingerprint density at radius 3 is 2.79 bits per heavy atom. The van der Waals surface area contributed by atoms with Crippen LogP contribution in [0.1, 0.15) is 36.8 Å². The topological polar surface area (TPSA) is 68.0 Å². The van der Waals surface area contributed by atoms with Crippen molar-refractivity contribution in [3.05, 3.63) is 10.6 Å². The molecule has 2 aliphatic rings. The minimum atomic E-state index is -0.00645. The van der Waals surface area contributed by atoms with Crippen molar-refractivity contribution >= 4 is 22.4 Å². The Labute approximate surface area is 117 Å². The number of amides is 1. The Morgan fingerprint density at radius 2 is 2.21 bits per heavy atom. The zero-order chi connectivity index (χ0) is 13.6. The number of carbonyl (C=O) groups is 1. The molecular formula is C14H21N3OS. The molecule has 104 valence electrons. The fourth-order valence-corrected chi connectivity index (χ4v) is 4.63. The van der Waals surface area contributed by atoms with Crippen molar-refractivity contribution in [2.45, 2.75) is 45.6 Å². The third-order valence-electron chi connectivity index (χ3n) is 4.74. The number of hydrogen-bond acceptors (Lipinski definition) is 4. The van der Waals surface area contributed by atoms with Crippen molar-refractivity contribution in [1.82, 2.24) is 4.98 Å². The van der Waals surface area contributed by atoms with Crippen LogP contribution in [-0.4, -0.2) is 16.9 Å². The molecule has 2 aliphatic carbocycles. The zero-order valence-electron chi connectivity index (χ0n) is 11.5. The van der Waals surface area contributed by atoms with Crippen LogP contribution < -0.4 is 11.1 Å². The van der Waals surface area contributed by atoms with Gasteiger partial charge < -0.3 is 11.1 Å². The summed E-state index contributed by atoms with van der Waals surface area (Å²) in [6.07, 6.45) is 4.40. The summed E-state index contributed by atoms with van der Waals surface area (Å²) in [5.41, 5.74) is 7.28. The van der Waals surface area contributed by atoms with Crippen LogP contribution in [0.4, 0.5) is 5.13 Å². The highest BCUT2D eigenvalue weighted by atomic mass is 32.1. The maximum absolute atomic E-state index is 12.4. The first-order valence-corrected chi connectivity index (χ1v) is 7.94. The summed E-state index contributed by atoms with van der Waals surface area (Å²) in [5, 5.41) is 3.71. The highest BCUT2D eigenvalue weighted by molar-refractivity contribution is 7.15. The second-order valence-corrected chi connectivity index (χ2v) is 7.00. The largest absolute Gasteiger partial charge is 0.327 e. The van der Waals surface area contributed by atoms with E-state index in [1.807, 2.05) is 0 Å². The van der Waals surface area contributed by atoms with Crippen LogP contribution in [0.15, 0.2) is 0 Å². The molecule has 1 aromatic heterocycles. The first kappa shape index (κ1) is 13.1. The molecule has 1 heterocycles.